The standard InChI is InChI=1S/C15H11ClN2O2/c16-11-6-4-10(5-7-11)9-18-14-3-1-2-12(15(19)20)13(14)8-17-18/h1-8H,9H2,(H,19,20). The van der Waals surface area contributed by atoms with Crippen molar-refractivity contribution in [3.63, 3.8) is 0 Å². The molecular weight excluding hydrogens is 276 g/mol. The first-order valence-electron chi connectivity index (χ1n) is 6.07. The Morgan fingerprint density at radius 1 is 1.20 bits per heavy atom. The summed E-state index contributed by atoms with van der Waals surface area (Å²) >= 11 is 5.86. The van der Waals surface area contributed by atoms with E-state index in [1.807, 2.05) is 30.3 Å². The normalized spacial score (nSPS) is 10.8. The summed E-state index contributed by atoms with van der Waals surface area (Å²) in [6.45, 7) is 0.573. The number of halogens is 1. The maximum absolute atomic E-state index is 11.2. The summed E-state index contributed by atoms with van der Waals surface area (Å²) in [6.07, 6.45) is 1.59. The lowest BCUT2D eigenvalue weighted by Crippen LogP contribution is -2.02. The molecule has 4 nitrogen and oxygen atoms in total. The Bertz CT molecular complexity index is 778. The van der Waals surface area contributed by atoms with Gasteiger partial charge in [0.25, 0.3) is 0 Å². The molecule has 0 bridgehead atoms. The average Bonchev–Trinajstić information content (AvgIpc) is 2.84. The van der Waals surface area contributed by atoms with Gasteiger partial charge in [0.2, 0.25) is 0 Å². The van der Waals surface area contributed by atoms with Crippen molar-refractivity contribution in [1.82, 2.24) is 9.78 Å². The molecule has 0 fully saturated rings. The molecule has 3 aromatic rings. The summed E-state index contributed by atoms with van der Waals surface area (Å²) in [5.74, 6) is -0.943. The number of carboxylic acid groups (broad SMARTS) is 1. The second-order valence-electron chi connectivity index (χ2n) is 4.47. The number of aromatic nitrogens is 2. The third-order valence-corrected chi connectivity index (χ3v) is 3.42. The topological polar surface area (TPSA) is 55.1 Å². The van der Waals surface area contributed by atoms with Gasteiger partial charge in [0, 0.05) is 10.4 Å². The predicted molar refractivity (Wildman–Crippen MR) is 77.2 cm³/mol. The number of hydrogen-bond donors (Lipinski definition) is 1. The SMILES string of the molecule is O=C(O)c1cccc2c1cnn2Cc1ccc(Cl)cc1. The summed E-state index contributed by atoms with van der Waals surface area (Å²) < 4.78 is 1.78. The smallest absolute Gasteiger partial charge is 0.336 e. The zero-order valence-electron chi connectivity index (χ0n) is 10.5. The zero-order valence-corrected chi connectivity index (χ0v) is 11.2. The summed E-state index contributed by atoms with van der Waals surface area (Å²) in [6, 6.07) is 12.7. The molecule has 0 aliphatic rings. The Morgan fingerprint density at radius 2 is 1.95 bits per heavy atom. The molecule has 0 aliphatic heterocycles. The summed E-state index contributed by atoms with van der Waals surface area (Å²) in [4.78, 5) is 11.2. The van der Waals surface area contributed by atoms with Crippen molar-refractivity contribution in [3.8, 4) is 0 Å². The van der Waals surface area contributed by atoms with Crippen LogP contribution in [0.1, 0.15) is 15.9 Å². The van der Waals surface area contributed by atoms with Gasteiger partial charge in [0.1, 0.15) is 0 Å². The summed E-state index contributed by atoms with van der Waals surface area (Å²) in [5, 5.41) is 14.8. The Labute approximate surface area is 120 Å². The van der Waals surface area contributed by atoms with Gasteiger partial charge in [-0.15, -0.1) is 0 Å². The van der Waals surface area contributed by atoms with Crippen LogP contribution in [-0.2, 0) is 6.54 Å². The molecule has 0 saturated heterocycles. The monoisotopic (exact) mass is 286 g/mol. The van der Waals surface area contributed by atoms with E-state index in [4.69, 9.17) is 16.7 Å². The van der Waals surface area contributed by atoms with Crippen LogP contribution in [-0.4, -0.2) is 20.9 Å². The van der Waals surface area contributed by atoms with Crippen molar-refractivity contribution in [1.29, 1.82) is 0 Å². The van der Waals surface area contributed by atoms with E-state index < -0.39 is 5.97 Å². The highest BCUT2D eigenvalue weighted by atomic mass is 35.5. The van der Waals surface area contributed by atoms with Crippen molar-refractivity contribution in [3.05, 3.63) is 64.8 Å². The van der Waals surface area contributed by atoms with E-state index in [0.29, 0.717) is 17.0 Å². The van der Waals surface area contributed by atoms with Gasteiger partial charge in [-0.25, -0.2) is 4.79 Å². The van der Waals surface area contributed by atoms with Crippen molar-refractivity contribution in [2.75, 3.05) is 0 Å². The van der Waals surface area contributed by atoms with Crippen LogP contribution in [0.15, 0.2) is 48.7 Å². The van der Waals surface area contributed by atoms with Crippen LogP contribution in [0, 0.1) is 0 Å². The van der Waals surface area contributed by atoms with Gasteiger partial charge >= 0.3 is 5.97 Å². The largest absolute Gasteiger partial charge is 0.478 e. The number of fused-ring (bicyclic) bond motifs is 1. The highest BCUT2D eigenvalue weighted by Gasteiger charge is 2.11. The molecule has 100 valence electrons. The number of hydrogen-bond acceptors (Lipinski definition) is 2. The van der Waals surface area contributed by atoms with E-state index >= 15 is 0 Å². The lowest BCUT2D eigenvalue weighted by Gasteiger charge is -2.04. The second kappa shape index (κ2) is 4.98. The predicted octanol–water partition coefficient (Wildman–Crippen LogP) is 3.44. The molecule has 0 spiro atoms. The molecule has 0 aliphatic carbocycles. The molecule has 20 heavy (non-hydrogen) atoms. The van der Waals surface area contributed by atoms with Crippen LogP contribution in [0.3, 0.4) is 0 Å². The van der Waals surface area contributed by atoms with Crippen LogP contribution in [0.25, 0.3) is 10.9 Å². The van der Waals surface area contributed by atoms with E-state index in [1.54, 1.807) is 23.0 Å². The number of carbonyl (C=O) groups is 1. The fraction of sp³-hybridized carbons (Fsp3) is 0.0667. The molecular formula is C15H11ClN2O2. The zero-order chi connectivity index (χ0) is 14.1. The highest BCUT2D eigenvalue weighted by molar-refractivity contribution is 6.30. The lowest BCUT2D eigenvalue weighted by molar-refractivity contribution is 0.0699. The molecule has 5 heteroatoms. The molecule has 2 aromatic carbocycles. The van der Waals surface area contributed by atoms with Crippen LogP contribution in [0.2, 0.25) is 5.02 Å². The fourth-order valence-electron chi connectivity index (χ4n) is 2.18. The van der Waals surface area contributed by atoms with E-state index in [1.165, 1.54) is 0 Å². The molecule has 3 rings (SSSR count). The number of benzene rings is 2. The van der Waals surface area contributed by atoms with Crippen molar-refractivity contribution in [2.24, 2.45) is 0 Å². The van der Waals surface area contributed by atoms with E-state index in [-0.39, 0.29) is 5.56 Å². The molecule has 1 N–H and O–H groups in total. The maximum atomic E-state index is 11.2. The first kappa shape index (κ1) is 12.7. The van der Waals surface area contributed by atoms with Crippen LogP contribution >= 0.6 is 11.6 Å². The minimum Gasteiger partial charge on any atom is -0.478 e. The third-order valence-electron chi connectivity index (χ3n) is 3.16. The number of rotatable bonds is 3. The average molecular weight is 287 g/mol. The van der Waals surface area contributed by atoms with Gasteiger partial charge in [-0.3, -0.25) is 4.68 Å². The Kier molecular flexibility index (Phi) is 3.16. The van der Waals surface area contributed by atoms with E-state index in [0.717, 1.165) is 11.1 Å². The fourth-order valence-corrected chi connectivity index (χ4v) is 2.30. The van der Waals surface area contributed by atoms with Gasteiger partial charge in [-0.2, -0.15) is 5.10 Å². The summed E-state index contributed by atoms with van der Waals surface area (Å²) in [7, 11) is 0. The molecule has 0 unspecified atom stereocenters. The highest BCUT2D eigenvalue weighted by Crippen LogP contribution is 2.20. The molecule has 1 heterocycles. The Morgan fingerprint density at radius 3 is 2.65 bits per heavy atom. The van der Waals surface area contributed by atoms with E-state index in [9.17, 15) is 4.79 Å². The van der Waals surface area contributed by atoms with Gasteiger partial charge in [-0.05, 0) is 29.8 Å². The molecule has 0 radical (unpaired) electrons. The molecule has 1 aromatic heterocycles. The number of nitrogens with zero attached hydrogens (tertiary/aromatic N) is 2. The van der Waals surface area contributed by atoms with Crippen molar-refractivity contribution >= 4 is 28.5 Å². The Balaban J connectivity index is 2.03. The van der Waals surface area contributed by atoms with Gasteiger partial charge in [-0.1, -0.05) is 29.8 Å². The number of aromatic carboxylic acids is 1. The first-order chi connectivity index (χ1) is 9.65. The van der Waals surface area contributed by atoms with Crippen LogP contribution < -0.4 is 0 Å². The molecule has 0 saturated carbocycles. The lowest BCUT2D eigenvalue weighted by atomic mass is 10.1. The molecule has 0 amide bonds. The van der Waals surface area contributed by atoms with Crippen molar-refractivity contribution < 1.29 is 9.90 Å². The van der Waals surface area contributed by atoms with E-state index in [2.05, 4.69) is 5.10 Å². The second-order valence-corrected chi connectivity index (χ2v) is 4.91. The van der Waals surface area contributed by atoms with Gasteiger partial charge < -0.3 is 5.11 Å². The minimum atomic E-state index is -0.943. The summed E-state index contributed by atoms with van der Waals surface area (Å²) in [5.41, 5.74) is 2.13. The Hall–Kier alpha value is -2.33. The van der Waals surface area contributed by atoms with Gasteiger partial charge in [0.05, 0.1) is 23.8 Å². The first-order valence-corrected chi connectivity index (χ1v) is 6.45. The van der Waals surface area contributed by atoms with Gasteiger partial charge in [0.15, 0.2) is 0 Å². The number of carboxylic acids is 1. The third kappa shape index (κ3) is 2.26. The van der Waals surface area contributed by atoms with Crippen LogP contribution in [0.5, 0.6) is 0 Å². The van der Waals surface area contributed by atoms with Crippen molar-refractivity contribution in [2.45, 2.75) is 6.54 Å². The quantitative estimate of drug-likeness (QED) is 0.802. The van der Waals surface area contributed by atoms with Crippen LogP contribution in [0.4, 0.5) is 0 Å². The maximum Gasteiger partial charge on any atom is 0.336 e. The molecule has 0 atom stereocenters. The minimum absolute atomic E-state index is 0.268.